The van der Waals surface area contributed by atoms with E-state index in [0.717, 1.165) is 13.1 Å². The Morgan fingerprint density at radius 3 is 2.02 bits per heavy atom. The smallest absolute Gasteiger partial charge is 0.0547 e. The fourth-order valence-corrected chi connectivity index (χ4v) is 6.46. The Bertz CT molecular complexity index is 2220. The highest BCUT2D eigenvalue weighted by Gasteiger charge is 2.15. The minimum absolute atomic E-state index is 0.800. The zero-order chi connectivity index (χ0) is 27.9. The molecule has 0 unspecified atom stereocenters. The van der Waals surface area contributed by atoms with Crippen LogP contribution in [0.25, 0.3) is 60.2 Å². The average molecular weight is 539 g/mol. The molecule has 42 heavy (non-hydrogen) atoms. The standard InChI is InChI=1S/C40H30N2/c1-2-12-29(13-3-1)30-16-8-11-28(23-30)26-41-27-33-17-9-20-35-34(33)19-10-22-39(35)42-38-21-7-6-18-36(38)37-24-31-14-4-5-15-32(31)25-40(37)42/h1-25,41H,26-27H2. The second kappa shape index (κ2) is 10.3. The van der Waals surface area contributed by atoms with Crippen molar-refractivity contribution in [1.82, 2.24) is 9.88 Å². The van der Waals surface area contributed by atoms with Gasteiger partial charge in [0.15, 0.2) is 0 Å². The summed E-state index contributed by atoms with van der Waals surface area (Å²) in [5.41, 5.74) is 8.78. The summed E-state index contributed by atoms with van der Waals surface area (Å²) in [6.07, 6.45) is 0. The molecular weight excluding hydrogens is 508 g/mol. The summed E-state index contributed by atoms with van der Waals surface area (Å²) in [4.78, 5) is 0. The summed E-state index contributed by atoms with van der Waals surface area (Å²) in [6, 6.07) is 55.0. The number of fused-ring (bicyclic) bond motifs is 5. The van der Waals surface area contributed by atoms with Crippen LogP contribution in [0.3, 0.4) is 0 Å². The molecule has 0 aliphatic carbocycles. The molecule has 7 aromatic carbocycles. The molecule has 1 N–H and O–H groups in total. The second-order valence-electron chi connectivity index (χ2n) is 11.0. The quantitative estimate of drug-likeness (QED) is 0.223. The fourth-order valence-electron chi connectivity index (χ4n) is 6.46. The number of nitrogens with one attached hydrogen (secondary N) is 1. The van der Waals surface area contributed by atoms with E-state index in [1.165, 1.54) is 71.3 Å². The van der Waals surface area contributed by atoms with Crippen LogP contribution in [0.4, 0.5) is 0 Å². The molecule has 0 radical (unpaired) electrons. The Hall–Kier alpha value is -5.18. The first-order chi connectivity index (χ1) is 20.8. The predicted octanol–water partition coefficient (Wildman–Crippen LogP) is 10.0. The minimum atomic E-state index is 0.800. The zero-order valence-corrected chi connectivity index (χ0v) is 23.3. The van der Waals surface area contributed by atoms with Gasteiger partial charge < -0.3 is 9.88 Å². The first-order valence-corrected chi connectivity index (χ1v) is 14.6. The number of nitrogens with zero attached hydrogens (tertiary/aromatic N) is 1. The van der Waals surface area contributed by atoms with Gasteiger partial charge >= 0.3 is 0 Å². The summed E-state index contributed by atoms with van der Waals surface area (Å²) in [7, 11) is 0. The van der Waals surface area contributed by atoms with E-state index in [4.69, 9.17) is 0 Å². The van der Waals surface area contributed by atoms with Gasteiger partial charge in [0.05, 0.1) is 16.7 Å². The van der Waals surface area contributed by atoms with Crippen LogP contribution in [0.5, 0.6) is 0 Å². The Morgan fingerprint density at radius 2 is 1.12 bits per heavy atom. The van der Waals surface area contributed by atoms with E-state index < -0.39 is 0 Å². The number of benzene rings is 7. The van der Waals surface area contributed by atoms with E-state index in [9.17, 15) is 0 Å². The van der Waals surface area contributed by atoms with Crippen LogP contribution >= 0.6 is 0 Å². The third-order valence-corrected chi connectivity index (χ3v) is 8.45. The van der Waals surface area contributed by atoms with E-state index in [-0.39, 0.29) is 0 Å². The Labute approximate surface area is 245 Å². The molecule has 0 aliphatic rings. The van der Waals surface area contributed by atoms with Crippen LogP contribution < -0.4 is 5.32 Å². The molecule has 1 aromatic heterocycles. The van der Waals surface area contributed by atoms with Gasteiger partial charge in [-0.05, 0) is 68.7 Å². The van der Waals surface area contributed by atoms with Crippen LogP contribution in [-0.2, 0) is 13.1 Å². The Morgan fingerprint density at radius 1 is 0.429 bits per heavy atom. The molecule has 2 nitrogen and oxygen atoms in total. The highest BCUT2D eigenvalue weighted by molar-refractivity contribution is 6.14. The lowest BCUT2D eigenvalue weighted by Gasteiger charge is -2.15. The van der Waals surface area contributed by atoms with Crippen LogP contribution in [-0.4, -0.2) is 4.57 Å². The van der Waals surface area contributed by atoms with Gasteiger partial charge in [0, 0.05) is 29.2 Å². The van der Waals surface area contributed by atoms with Crippen molar-refractivity contribution in [2.45, 2.75) is 13.1 Å². The molecule has 0 aliphatic heterocycles. The highest BCUT2D eigenvalue weighted by atomic mass is 15.0. The SMILES string of the molecule is c1ccc(-c2cccc(CNCc3cccc4c(-n5c6ccccc6c6cc7ccccc7cc65)cccc34)c2)cc1. The molecule has 0 spiro atoms. The van der Waals surface area contributed by atoms with Crippen molar-refractivity contribution in [3.8, 4) is 16.8 Å². The molecule has 0 bridgehead atoms. The van der Waals surface area contributed by atoms with Crippen LogP contribution in [0.15, 0.2) is 152 Å². The fraction of sp³-hybridized carbons (Fsp3) is 0.0500. The summed E-state index contributed by atoms with van der Waals surface area (Å²) in [6.45, 7) is 1.62. The van der Waals surface area contributed by atoms with Gasteiger partial charge in [-0.1, -0.05) is 121 Å². The molecular formula is C40H30N2. The first-order valence-electron chi connectivity index (χ1n) is 14.6. The number of hydrogen-bond acceptors (Lipinski definition) is 1. The van der Waals surface area contributed by atoms with Crippen molar-refractivity contribution < 1.29 is 0 Å². The Balaban J connectivity index is 1.17. The summed E-state index contributed by atoms with van der Waals surface area (Å²) in [5, 5.41) is 11.4. The van der Waals surface area contributed by atoms with Gasteiger partial charge in [-0.3, -0.25) is 0 Å². The number of para-hydroxylation sites is 1. The van der Waals surface area contributed by atoms with E-state index >= 15 is 0 Å². The van der Waals surface area contributed by atoms with E-state index in [1.807, 2.05) is 0 Å². The molecule has 8 rings (SSSR count). The maximum Gasteiger partial charge on any atom is 0.0547 e. The third-order valence-electron chi connectivity index (χ3n) is 8.45. The third kappa shape index (κ3) is 4.25. The molecule has 0 fully saturated rings. The van der Waals surface area contributed by atoms with Gasteiger partial charge in [0.1, 0.15) is 0 Å². The van der Waals surface area contributed by atoms with Gasteiger partial charge in [0.25, 0.3) is 0 Å². The van der Waals surface area contributed by atoms with Crippen molar-refractivity contribution in [2.75, 3.05) is 0 Å². The second-order valence-corrected chi connectivity index (χ2v) is 11.0. The molecule has 0 amide bonds. The molecule has 200 valence electrons. The molecule has 0 saturated carbocycles. The van der Waals surface area contributed by atoms with E-state index in [0.29, 0.717) is 0 Å². The zero-order valence-electron chi connectivity index (χ0n) is 23.3. The molecule has 8 aromatic rings. The van der Waals surface area contributed by atoms with Crippen LogP contribution in [0, 0.1) is 0 Å². The van der Waals surface area contributed by atoms with Gasteiger partial charge in [-0.25, -0.2) is 0 Å². The van der Waals surface area contributed by atoms with Crippen molar-refractivity contribution in [1.29, 1.82) is 0 Å². The van der Waals surface area contributed by atoms with E-state index in [1.54, 1.807) is 0 Å². The van der Waals surface area contributed by atoms with Gasteiger partial charge in [-0.2, -0.15) is 0 Å². The molecule has 0 saturated heterocycles. The summed E-state index contributed by atoms with van der Waals surface area (Å²) >= 11 is 0. The predicted molar refractivity (Wildman–Crippen MR) is 178 cm³/mol. The van der Waals surface area contributed by atoms with Crippen molar-refractivity contribution in [3.63, 3.8) is 0 Å². The molecule has 0 atom stereocenters. The summed E-state index contributed by atoms with van der Waals surface area (Å²) < 4.78 is 2.45. The normalized spacial score (nSPS) is 11.6. The number of aromatic nitrogens is 1. The van der Waals surface area contributed by atoms with Gasteiger partial charge in [0.2, 0.25) is 0 Å². The van der Waals surface area contributed by atoms with Crippen molar-refractivity contribution >= 4 is 43.4 Å². The Kier molecular flexibility index (Phi) is 6.05. The topological polar surface area (TPSA) is 17.0 Å². The molecule has 2 heteroatoms. The van der Waals surface area contributed by atoms with Crippen LogP contribution in [0.1, 0.15) is 11.1 Å². The highest BCUT2D eigenvalue weighted by Crippen LogP contribution is 2.37. The monoisotopic (exact) mass is 538 g/mol. The summed E-state index contributed by atoms with van der Waals surface area (Å²) in [5.74, 6) is 0. The van der Waals surface area contributed by atoms with Crippen molar-refractivity contribution in [2.24, 2.45) is 0 Å². The minimum Gasteiger partial charge on any atom is -0.309 e. The number of hydrogen-bond donors (Lipinski definition) is 1. The largest absolute Gasteiger partial charge is 0.309 e. The lowest BCUT2D eigenvalue weighted by atomic mass is 10.0. The first kappa shape index (κ1) is 24.6. The average Bonchev–Trinajstić information content (AvgIpc) is 3.37. The maximum absolute atomic E-state index is 3.72. The lowest BCUT2D eigenvalue weighted by molar-refractivity contribution is 0.697. The molecule has 1 heterocycles. The van der Waals surface area contributed by atoms with Crippen molar-refractivity contribution in [3.05, 3.63) is 163 Å². The van der Waals surface area contributed by atoms with Gasteiger partial charge in [-0.15, -0.1) is 0 Å². The number of rotatable bonds is 6. The van der Waals surface area contributed by atoms with E-state index in [2.05, 4.69) is 162 Å². The lowest BCUT2D eigenvalue weighted by Crippen LogP contribution is -2.13. The van der Waals surface area contributed by atoms with Crippen LogP contribution in [0.2, 0.25) is 0 Å². The maximum atomic E-state index is 3.72.